The molecule has 0 radical (unpaired) electrons. The number of anilines is 2. The van der Waals surface area contributed by atoms with Gasteiger partial charge in [-0.3, -0.25) is 4.79 Å². The van der Waals surface area contributed by atoms with Crippen LogP contribution < -0.4 is 4.90 Å². The van der Waals surface area contributed by atoms with Crippen LogP contribution in [0.3, 0.4) is 0 Å². The second-order valence-electron chi connectivity index (χ2n) is 6.34. The summed E-state index contributed by atoms with van der Waals surface area (Å²) in [5, 5.41) is 0. The Morgan fingerprint density at radius 2 is 2.08 bits per heavy atom. The van der Waals surface area contributed by atoms with Crippen LogP contribution in [0.2, 0.25) is 0 Å². The summed E-state index contributed by atoms with van der Waals surface area (Å²) in [6.45, 7) is 6.67. The Hall–Kier alpha value is -2.43. The molecule has 1 saturated heterocycles. The molecule has 1 aromatic heterocycles. The van der Waals surface area contributed by atoms with Gasteiger partial charge in [-0.15, -0.1) is 0 Å². The molecule has 0 spiro atoms. The number of hydrogen-bond donors (Lipinski definition) is 0. The summed E-state index contributed by atoms with van der Waals surface area (Å²) in [5.41, 5.74) is 1.53. The normalized spacial score (nSPS) is 17.6. The molecule has 0 bridgehead atoms. The summed E-state index contributed by atoms with van der Waals surface area (Å²) >= 11 is 0. The lowest BCUT2D eigenvalue weighted by Gasteiger charge is -2.30. The molecule has 0 saturated carbocycles. The summed E-state index contributed by atoms with van der Waals surface area (Å²) in [6.07, 6.45) is 3.74. The lowest BCUT2D eigenvalue weighted by atomic mass is 10.00. The largest absolute Gasteiger partial charge is 0.337 e. The van der Waals surface area contributed by atoms with Crippen molar-refractivity contribution in [3.05, 3.63) is 48.4 Å². The number of hydrogen-bond acceptors (Lipinski definition) is 4. The molecule has 126 valence electrons. The fourth-order valence-corrected chi connectivity index (χ4v) is 3.23. The standard InChI is InChI=1S/C19H24N4O/c1-3-23(16-9-5-4-6-10-16)18-12-17(20-14-21-18)19(24)22-11-7-8-15(2)13-22/h4-6,9-10,12,14-15H,3,7-8,11,13H2,1-2H3. The monoisotopic (exact) mass is 324 g/mol. The molecule has 5 nitrogen and oxygen atoms in total. The fraction of sp³-hybridized carbons (Fsp3) is 0.421. The number of carbonyl (C=O) groups is 1. The molecule has 5 heteroatoms. The van der Waals surface area contributed by atoms with Gasteiger partial charge < -0.3 is 9.80 Å². The maximum atomic E-state index is 12.8. The van der Waals surface area contributed by atoms with Gasteiger partial charge in [0.15, 0.2) is 0 Å². The van der Waals surface area contributed by atoms with Crippen LogP contribution in [0, 0.1) is 5.92 Å². The molecular formula is C19H24N4O. The topological polar surface area (TPSA) is 49.3 Å². The highest BCUT2D eigenvalue weighted by Gasteiger charge is 2.23. The molecule has 2 heterocycles. The average molecular weight is 324 g/mol. The Labute approximate surface area is 143 Å². The third kappa shape index (κ3) is 3.55. The summed E-state index contributed by atoms with van der Waals surface area (Å²) in [7, 11) is 0. The van der Waals surface area contributed by atoms with E-state index >= 15 is 0 Å². The lowest BCUT2D eigenvalue weighted by molar-refractivity contribution is 0.0677. The number of benzene rings is 1. The van der Waals surface area contributed by atoms with Gasteiger partial charge in [0.25, 0.3) is 5.91 Å². The van der Waals surface area contributed by atoms with E-state index in [1.165, 1.54) is 12.7 Å². The molecule has 2 aromatic rings. The number of aromatic nitrogens is 2. The molecule has 1 aliphatic heterocycles. The first kappa shape index (κ1) is 16.4. The minimum absolute atomic E-state index is 0.00862. The van der Waals surface area contributed by atoms with Crippen molar-refractivity contribution in [1.29, 1.82) is 0 Å². The SMILES string of the molecule is CCN(c1ccccc1)c1cc(C(=O)N2CCCC(C)C2)ncn1. The first-order valence-electron chi connectivity index (χ1n) is 8.63. The lowest BCUT2D eigenvalue weighted by Crippen LogP contribution is -2.39. The quantitative estimate of drug-likeness (QED) is 0.863. The number of carbonyl (C=O) groups excluding carboxylic acids is 1. The minimum Gasteiger partial charge on any atom is -0.337 e. The molecule has 1 aliphatic rings. The predicted octanol–water partition coefficient (Wildman–Crippen LogP) is 3.51. The van der Waals surface area contributed by atoms with E-state index in [2.05, 4.69) is 28.7 Å². The van der Waals surface area contributed by atoms with Gasteiger partial charge in [0.05, 0.1) is 0 Å². The Kier molecular flexibility index (Phi) is 5.08. The first-order chi connectivity index (χ1) is 11.7. The number of para-hydroxylation sites is 1. The van der Waals surface area contributed by atoms with Crippen molar-refractivity contribution < 1.29 is 4.79 Å². The van der Waals surface area contributed by atoms with E-state index in [4.69, 9.17) is 0 Å². The first-order valence-corrected chi connectivity index (χ1v) is 8.63. The molecular weight excluding hydrogens is 300 g/mol. The van der Waals surface area contributed by atoms with Gasteiger partial charge in [-0.1, -0.05) is 25.1 Å². The third-order valence-electron chi connectivity index (χ3n) is 4.48. The molecule has 1 atom stereocenters. The van der Waals surface area contributed by atoms with Crippen LogP contribution in [0.25, 0.3) is 0 Å². The summed E-state index contributed by atoms with van der Waals surface area (Å²) in [5.74, 6) is 1.32. The summed E-state index contributed by atoms with van der Waals surface area (Å²) in [4.78, 5) is 25.4. The van der Waals surface area contributed by atoms with Gasteiger partial charge in [-0.25, -0.2) is 9.97 Å². The van der Waals surface area contributed by atoms with Crippen molar-refractivity contribution in [2.45, 2.75) is 26.7 Å². The van der Waals surface area contributed by atoms with Gasteiger partial charge in [-0.2, -0.15) is 0 Å². The Morgan fingerprint density at radius 3 is 2.79 bits per heavy atom. The van der Waals surface area contributed by atoms with Crippen molar-refractivity contribution in [2.75, 3.05) is 24.5 Å². The predicted molar refractivity (Wildman–Crippen MR) is 95.5 cm³/mol. The van der Waals surface area contributed by atoms with Gasteiger partial charge >= 0.3 is 0 Å². The van der Waals surface area contributed by atoms with E-state index in [1.807, 2.05) is 35.2 Å². The zero-order chi connectivity index (χ0) is 16.9. The van der Waals surface area contributed by atoms with Crippen LogP contribution in [0.1, 0.15) is 37.2 Å². The molecule has 24 heavy (non-hydrogen) atoms. The Balaban J connectivity index is 1.84. The van der Waals surface area contributed by atoms with E-state index in [1.54, 1.807) is 6.07 Å². The van der Waals surface area contributed by atoms with Crippen LogP contribution >= 0.6 is 0 Å². The Morgan fingerprint density at radius 1 is 1.29 bits per heavy atom. The maximum Gasteiger partial charge on any atom is 0.272 e. The third-order valence-corrected chi connectivity index (χ3v) is 4.48. The van der Waals surface area contributed by atoms with E-state index in [0.29, 0.717) is 11.6 Å². The highest BCUT2D eigenvalue weighted by atomic mass is 16.2. The van der Waals surface area contributed by atoms with Crippen LogP contribution in [-0.4, -0.2) is 40.4 Å². The van der Waals surface area contributed by atoms with Crippen molar-refractivity contribution in [3.63, 3.8) is 0 Å². The van der Waals surface area contributed by atoms with Crippen molar-refractivity contribution in [1.82, 2.24) is 14.9 Å². The number of likely N-dealkylation sites (tertiary alicyclic amines) is 1. The van der Waals surface area contributed by atoms with Crippen molar-refractivity contribution >= 4 is 17.4 Å². The minimum atomic E-state index is 0.00862. The molecule has 1 unspecified atom stereocenters. The number of amides is 1. The second-order valence-corrected chi connectivity index (χ2v) is 6.34. The van der Waals surface area contributed by atoms with Gasteiger partial charge in [0, 0.05) is 31.4 Å². The van der Waals surface area contributed by atoms with Crippen molar-refractivity contribution in [3.8, 4) is 0 Å². The smallest absolute Gasteiger partial charge is 0.272 e. The van der Waals surface area contributed by atoms with Crippen molar-refractivity contribution in [2.24, 2.45) is 5.92 Å². The zero-order valence-electron chi connectivity index (χ0n) is 14.4. The summed E-state index contributed by atoms with van der Waals surface area (Å²) < 4.78 is 0. The van der Waals surface area contributed by atoms with E-state index in [0.717, 1.165) is 37.6 Å². The van der Waals surface area contributed by atoms with Gasteiger partial charge in [0.1, 0.15) is 17.8 Å². The molecule has 3 rings (SSSR count). The van der Waals surface area contributed by atoms with Gasteiger partial charge in [-0.05, 0) is 37.8 Å². The molecule has 0 N–H and O–H groups in total. The van der Waals surface area contributed by atoms with Crippen LogP contribution in [0.5, 0.6) is 0 Å². The van der Waals surface area contributed by atoms with E-state index in [9.17, 15) is 4.79 Å². The van der Waals surface area contributed by atoms with Crippen LogP contribution in [-0.2, 0) is 0 Å². The average Bonchev–Trinajstić information content (AvgIpc) is 2.63. The van der Waals surface area contributed by atoms with E-state index < -0.39 is 0 Å². The van der Waals surface area contributed by atoms with E-state index in [-0.39, 0.29) is 5.91 Å². The maximum absolute atomic E-state index is 12.8. The van der Waals surface area contributed by atoms with Crippen LogP contribution in [0.15, 0.2) is 42.7 Å². The number of nitrogens with zero attached hydrogens (tertiary/aromatic N) is 4. The number of piperidine rings is 1. The number of rotatable bonds is 4. The highest BCUT2D eigenvalue weighted by Crippen LogP contribution is 2.24. The van der Waals surface area contributed by atoms with Crippen LogP contribution in [0.4, 0.5) is 11.5 Å². The fourth-order valence-electron chi connectivity index (χ4n) is 3.23. The highest BCUT2D eigenvalue weighted by molar-refractivity contribution is 5.93. The molecule has 1 aromatic carbocycles. The summed E-state index contributed by atoms with van der Waals surface area (Å²) in [6, 6.07) is 11.9. The zero-order valence-corrected chi connectivity index (χ0v) is 14.4. The molecule has 1 amide bonds. The molecule has 1 fully saturated rings. The molecule has 0 aliphatic carbocycles. The Bertz CT molecular complexity index is 689. The van der Waals surface area contributed by atoms with Gasteiger partial charge in [0.2, 0.25) is 0 Å². The second kappa shape index (κ2) is 7.43.